The number of carbonyl (C=O) groups excluding carboxylic acids is 1. The molecule has 1 rings (SSSR count). The van der Waals surface area contributed by atoms with Crippen LogP contribution in [0.15, 0.2) is 12.3 Å². The summed E-state index contributed by atoms with van der Waals surface area (Å²) >= 11 is 0. The third kappa shape index (κ3) is 3.06. The second-order valence-electron chi connectivity index (χ2n) is 3.49. The molecule has 0 aliphatic heterocycles. The van der Waals surface area contributed by atoms with E-state index in [1.165, 1.54) is 0 Å². The number of amides is 1. The summed E-state index contributed by atoms with van der Waals surface area (Å²) < 4.78 is 6.66. The molecule has 84 valence electrons. The van der Waals surface area contributed by atoms with Crippen LogP contribution in [0.25, 0.3) is 0 Å². The maximum Gasteiger partial charge on any atom is 0.271 e. The van der Waals surface area contributed by atoms with Crippen LogP contribution in [0.5, 0.6) is 0 Å². The quantitative estimate of drug-likeness (QED) is 0.671. The van der Waals surface area contributed by atoms with Crippen LogP contribution in [0.2, 0.25) is 0 Å². The van der Waals surface area contributed by atoms with Crippen molar-refractivity contribution < 1.29 is 9.53 Å². The van der Waals surface area contributed by atoms with Crippen molar-refractivity contribution in [3.8, 4) is 0 Å². The Morgan fingerprint density at radius 1 is 1.60 bits per heavy atom. The van der Waals surface area contributed by atoms with E-state index in [4.69, 9.17) is 4.74 Å². The predicted octanol–water partition coefficient (Wildman–Crippen LogP) is 0.621. The van der Waals surface area contributed by atoms with E-state index in [-0.39, 0.29) is 5.91 Å². The normalized spacial score (nSPS) is 10.3. The highest BCUT2D eigenvalue weighted by Crippen LogP contribution is 2.03. The number of methoxy groups -OCH3 is 1. The summed E-state index contributed by atoms with van der Waals surface area (Å²) in [6, 6.07) is 1.73. The molecule has 1 heterocycles. The van der Waals surface area contributed by atoms with Gasteiger partial charge in [0.15, 0.2) is 0 Å². The summed E-state index contributed by atoms with van der Waals surface area (Å²) in [5.41, 5.74) is 0.621. The summed E-state index contributed by atoms with van der Waals surface area (Å²) in [5, 5.41) is 4.11. The number of aryl methyl sites for hydroxylation is 1. The minimum Gasteiger partial charge on any atom is -0.385 e. The molecule has 0 aliphatic carbocycles. The van der Waals surface area contributed by atoms with Crippen LogP contribution in [-0.4, -0.2) is 48.4 Å². The molecule has 0 bridgehead atoms. The second kappa shape index (κ2) is 5.50. The molecule has 0 saturated heterocycles. The van der Waals surface area contributed by atoms with E-state index in [9.17, 15) is 4.79 Å². The fourth-order valence-electron chi connectivity index (χ4n) is 1.28. The predicted molar refractivity (Wildman–Crippen MR) is 56.7 cm³/mol. The van der Waals surface area contributed by atoms with Crippen LogP contribution in [0, 0.1) is 0 Å². The van der Waals surface area contributed by atoms with Gasteiger partial charge in [0.2, 0.25) is 0 Å². The van der Waals surface area contributed by atoms with Gasteiger partial charge in [-0.15, -0.1) is 0 Å². The van der Waals surface area contributed by atoms with Gasteiger partial charge < -0.3 is 9.64 Å². The van der Waals surface area contributed by atoms with Gasteiger partial charge in [0.05, 0.1) is 0 Å². The molecular formula is C10H17N3O2. The largest absolute Gasteiger partial charge is 0.385 e. The van der Waals surface area contributed by atoms with E-state index in [0.29, 0.717) is 18.8 Å². The molecule has 0 aliphatic rings. The Labute approximate surface area is 89.6 Å². The number of carbonyl (C=O) groups is 1. The summed E-state index contributed by atoms with van der Waals surface area (Å²) in [6.45, 7) is 1.38. The van der Waals surface area contributed by atoms with E-state index in [1.54, 1.807) is 43.1 Å². The summed E-state index contributed by atoms with van der Waals surface area (Å²) in [5.74, 6) is -0.0232. The van der Waals surface area contributed by atoms with E-state index in [2.05, 4.69) is 5.10 Å². The maximum atomic E-state index is 11.7. The average Bonchev–Trinajstić information content (AvgIpc) is 2.65. The second-order valence-corrected chi connectivity index (χ2v) is 3.49. The summed E-state index contributed by atoms with van der Waals surface area (Å²) in [4.78, 5) is 13.2. The molecule has 5 heteroatoms. The van der Waals surface area contributed by atoms with E-state index in [1.807, 2.05) is 0 Å². The number of hydrogen-bond donors (Lipinski definition) is 0. The van der Waals surface area contributed by atoms with Crippen molar-refractivity contribution in [3.05, 3.63) is 18.0 Å². The number of aromatic nitrogens is 2. The van der Waals surface area contributed by atoms with Crippen LogP contribution in [-0.2, 0) is 11.3 Å². The highest BCUT2D eigenvalue weighted by Gasteiger charge is 2.12. The number of hydrogen-bond acceptors (Lipinski definition) is 3. The first-order chi connectivity index (χ1) is 7.16. The fourth-order valence-corrected chi connectivity index (χ4v) is 1.28. The first-order valence-electron chi connectivity index (χ1n) is 4.89. The monoisotopic (exact) mass is 211 g/mol. The Hall–Kier alpha value is -1.36. The van der Waals surface area contributed by atoms with Crippen LogP contribution < -0.4 is 0 Å². The molecule has 0 atom stereocenters. The molecule has 0 spiro atoms. The van der Waals surface area contributed by atoms with Crippen LogP contribution in [0.3, 0.4) is 0 Å². The Kier molecular flexibility index (Phi) is 4.30. The molecule has 1 aromatic rings. The highest BCUT2D eigenvalue weighted by molar-refractivity contribution is 5.92. The number of ether oxygens (including phenoxy) is 1. The Bertz CT molecular complexity index is 320. The smallest absolute Gasteiger partial charge is 0.271 e. The lowest BCUT2D eigenvalue weighted by molar-refractivity contribution is 0.0814. The number of nitrogens with zero attached hydrogens (tertiary/aromatic N) is 3. The van der Waals surface area contributed by atoms with Crippen LogP contribution in [0.1, 0.15) is 16.9 Å². The van der Waals surface area contributed by atoms with Crippen LogP contribution >= 0.6 is 0 Å². The molecule has 0 N–H and O–H groups in total. The fraction of sp³-hybridized carbons (Fsp3) is 0.600. The zero-order chi connectivity index (χ0) is 11.3. The van der Waals surface area contributed by atoms with Crippen molar-refractivity contribution in [1.82, 2.24) is 14.7 Å². The molecule has 0 aromatic carbocycles. The van der Waals surface area contributed by atoms with E-state index in [0.717, 1.165) is 6.42 Å². The third-order valence-corrected chi connectivity index (χ3v) is 2.06. The van der Waals surface area contributed by atoms with Crippen molar-refractivity contribution >= 4 is 5.91 Å². The van der Waals surface area contributed by atoms with Gasteiger partial charge in [0, 0.05) is 40.6 Å². The SMILES string of the molecule is COCCCn1nccc1C(=O)N(C)C. The highest BCUT2D eigenvalue weighted by atomic mass is 16.5. The first-order valence-corrected chi connectivity index (χ1v) is 4.89. The Morgan fingerprint density at radius 2 is 2.33 bits per heavy atom. The molecule has 5 nitrogen and oxygen atoms in total. The van der Waals surface area contributed by atoms with Gasteiger partial charge in [-0.3, -0.25) is 9.48 Å². The molecule has 1 aromatic heterocycles. The van der Waals surface area contributed by atoms with Gasteiger partial charge in [-0.25, -0.2) is 0 Å². The maximum absolute atomic E-state index is 11.7. The van der Waals surface area contributed by atoms with Gasteiger partial charge in [-0.1, -0.05) is 0 Å². The van der Waals surface area contributed by atoms with E-state index >= 15 is 0 Å². The van der Waals surface area contributed by atoms with E-state index < -0.39 is 0 Å². The van der Waals surface area contributed by atoms with Crippen LogP contribution in [0.4, 0.5) is 0 Å². The topological polar surface area (TPSA) is 47.4 Å². The summed E-state index contributed by atoms with van der Waals surface area (Å²) in [7, 11) is 5.12. The zero-order valence-corrected chi connectivity index (χ0v) is 9.43. The van der Waals surface area contributed by atoms with Crippen molar-refractivity contribution in [2.45, 2.75) is 13.0 Å². The lowest BCUT2D eigenvalue weighted by Crippen LogP contribution is -2.25. The lowest BCUT2D eigenvalue weighted by Gasteiger charge is -2.11. The molecule has 1 amide bonds. The molecular weight excluding hydrogens is 194 g/mol. The van der Waals surface area contributed by atoms with Gasteiger partial charge in [0.1, 0.15) is 5.69 Å². The zero-order valence-electron chi connectivity index (χ0n) is 9.43. The van der Waals surface area contributed by atoms with Crippen molar-refractivity contribution in [3.63, 3.8) is 0 Å². The Balaban J connectivity index is 2.65. The molecule has 0 fully saturated rings. The van der Waals surface area contributed by atoms with Crippen molar-refractivity contribution in [2.24, 2.45) is 0 Å². The van der Waals surface area contributed by atoms with Gasteiger partial charge in [0.25, 0.3) is 5.91 Å². The molecule has 15 heavy (non-hydrogen) atoms. The molecule has 0 saturated carbocycles. The van der Waals surface area contributed by atoms with Crippen molar-refractivity contribution in [2.75, 3.05) is 27.8 Å². The summed E-state index contributed by atoms with van der Waals surface area (Å²) in [6.07, 6.45) is 2.50. The molecule has 0 radical (unpaired) electrons. The minimum absolute atomic E-state index is 0.0232. The third-order valence-electron chi connectivity index (χ3n) is 2.06. The first kappa shape index (κ1) is 11.7. The van der Waals surface area contributed by atoms with Crippen molar-refractivity contribution in [1.29, 1.82) is 0 Å². The van der Waals surface area contributed by atoms with Gasteiger partial charge >= 0.3 is 0 Å². The minimum atomic E-state index is -0.0232. The lowest BCUT2D eigenvalue weighted by atomic mass is 10.3. The standard InChI is InChI=1S/C10H17N3O2/c1-12(2)10(14)9-5-6-11-13(9)7-4-8-15-3/h5-6H,4,7-8H2,1-3H3. The molecule has 0 unspecified atom stereocenters. The van der Waals surface area contributed by atoms with Gasteiger partial charge in [-0.05, 0) is 12.5 Å². The van der Waals surface area contributed by atoms with Gasteiger partial charge in [-0.2, -0.15) is 5.10 Å². The Morgan fingerprint density at radius 3 is 2.93 bits per heavy atom. The average molecular weight is 211 g/mol. The number of rotatable bonds is 5.